The van der Waals surface area contributed by atoms with E-state index in [9.17, 15) is 0 Å². The van der Waals surface area contributed by atoms with Crippen LogP contribution in [-0.2, 0) is 0 Å². The predicted octanol–water partition coefficient (Wildman–Crippen LogP) is 7.20. The minimum atomic E-state index is 0.384. The van der Waals surface area contributed by atoms with Crippen LogP contribution in [0.25, 0.3) is 0 Å². The van der Waals surface area contributed by atoms with Gasteiger partial charge >= 0.3 is 0 Å². The normalized spacial score (nSPS) is 34.2. The van der Waals surface area contributed by atoms with Gasteiger partial charge in [0.25, 0.3) is 0 Å². The average molecular weight is 520 g/mol. The van der Waals surface area contributed by atoms with Crippen molar-refractivity contribution in [3.8, 4) is 0 Å². The molecular formula is C32H58ClN3. The molecule has 2 saturated carbocycles. The molecule has 1 heterocycles. The third-order valence-electron chi connectivity index (χ3n) is 10.4. The molecule has 0 spiro atoms. The maximum Gasteiger partial charge on any atom is 0.0373 e. The van der Waals surface area contributed by atoms with Crippen LogP contribution in [0.3, 0.4) is 0 Å². The zero-order chi connectivity index (χ0) is 25.5. The number of likely N-dealkylation sites (tertiary alicyclic amines) is 1. The Bertz CT molecular complexity index is 660. The van der Waals surface area contributed by atoms with Crippen molar-refractivity contribution in [2.75, 3.05) is 46.8 Å². The quantitative estimate of drug-likeness (QED) is 0.243. The Balaban J connectivity index is 1.17. The molecule has 36 heavy (non-hydrogen) atoms. The van der Waals surface area contributed by atoms with Crippen molar-refractivity contribution in [3.63, 3.8) is 0 Å². The molecule has 0 aromatic heterocycles. The third kappa shape index (κ3) is 8.72. The molecule has 0 radical (unpaired) electrons. The van der Waals surface area contributed by atoms with E-state index in [1.54, 1.807) is 5.57 Å². The molecule has 1 N–H and O–H groups in total. The lowest BCUT2D eigenvalue weighted by Crippen LogP contribution is -2.48. The van der Waals surface area contributed by atoms with Crippen molar-refractivity contribution >= 4 is 11.6 Å². The molecule has 0 aromatic carbocycles. The van der Waals surface area contributed by atoms with Gasteiger partial charge in [-0.15, -0.1) is 11.6 Å². The molecule has 4 aliphatic rings. The van der Waals surface area contributed by atoms with Gasteiger partial charge in [-0.25, -0.2) is 0 Å². The van der Waals surface area contributed by atoms with Crippen molar-refractivity contribution in [1.82, 2.24) is 15.1 Å². The van der Waals surface area contributed by atoms with Crippen molar-refractivity contribution < 1.29 is 0 Å². The van der Waals surface area contributed by atoms with Gasteiger partial charge in [0.05, 0.1) is 0 Å². The number of halogens is 1. The molecule has 3 aliphatic carbocycles. The first-order valence-corrected chi connectivity index (χ1v) is 16.2. The second kappa shape index (κ2) is 14.3. The monoisotopic (exact) mass is 519 g/mol. The van der Waals surface area contributed by atoms with Crippen LogP contribution in [0, 0.1) is 35.5 Å². The van der Waals surface area contributed by atoms with Crippen LogP contribution in [0.2, 0.25) is 0 Å². The summed E-state index contributed by atoms with van der Waals surface area (Å²) in [5, 5.41) is 4.48. The van der Waals surface area contributed by atoms with Crippen LogP contribution < -0.4 is 5.32 Å². The zero-order valence-corrected chi connectivity index (χ0v) is 25.0. The maximum atomic E-state index is 6.32. The lowest BCUT2D eigenvalue weighted by Gasteiger charge is -2.40. The van der Waals surface area contributed by atoms with Gasteiger partial charge in [-0.1, -0.05) is 38.3 Å². The topological polar surface area (TPSA) is 18.5 Å². The summed E-state index contributed by atoms with van der Waals surface area (Å²) < 4.78 is 0. The molecule has 208 valence electrons. The number of nitrogens with one attached hydrogen (secondary N) is 1. The van der Waals surface area contributed by atoms with E-state index in [2.05, 4.69) is 49.1 Å². The molecule has 3 unspecified atom stereocenters. The van der Waals surface area contributed by atoms with Gasteiger partial charge in [0, 0.05) is 24.5 Å². The van der Waals surface area contributed by atoms with Gasteiger partial charge in [-0.3, -0.25) is 0 Å². The standard InChI is InChI=1S/C32H58ClN3/c1-24(2)32(23-36-18-16-29(17-19-36)27-12-14-31(33)15-13-27)34-21-26-6-5-7-30(20-26)28-10-8-25(9-11-28)22-35(3)4/h12,24-26,28-32,34H,5-11,13-23H2,1-4H3/t25?,26?,28?,30?,31?,32-/m0/s1. The van der Waals surface area contributed by atoms with E-state index in [1.807, 2.05) is 0 Å². The number of allylic oxidation sites excluding steroid dienone is 2. The summed E-state index contributed by atoms with van der Waals surface area (Å²) >= 11 is 6.32. The molecule has 0 aromatic rings. The predicted molar refractivity (Wildman–Crippen MR) is 157 cm³/mol. The summed E-state index contributed by atoms with van der Waals surface area (Å²) in [5.74, 6) is 5.41. The van der Waals surface area contributed by atoms with Crippen LogP contribution >= 0.6 is 11.6 Å². The molecule has 3 fully saturated rings. The Morgan fingerprint density at radius 1 is 0.944 bits per heavy atom. The van der Waals surface area contributed by atoms with E-state index in [4.69, 9.17) is 11.6 Å². The van der Waals surface area contributed by atoms with Gasteiger partial charge < -0.3 is 15.1 Å². The van der Waals surface area contributed by atoms with Crippen LogP contribution in [0.5, 0.6) is 0 Å². The highest BCUT2D eigenvalue weighted by Gasteiger charge is 2.32. The molecule has 0 amide bonds. The number of nitrogens with zero attached hydrogens (tertiary/aromatic N) is 2. The summed E-state index contributed by atoms with van der Waals surface area (Å²) in [6.45, 7) is 11.2. The van der Waals surface area contributed by atoms with Crippen LogP contribution in [0.15, 0.2) is 11.6 Å². The Morgan fingerprint density at radius 2 is 1.69 bits per heavy atom. The summed E-state index contributed by atoms with van der Waals surface area (Å²) in [6, 6.07) is 0.634. The lowest BCUT2D eigenvalue weighted by molar-refractivity contribution is 0.123. The van der Waals surface area contributed by atoms with Crippen LogP contribution in [-0.4, -0.2) is 68.0 Å². The van der Waals surface area contributed by atoms with Crippen molar-refractivity contribution in [1.29, 1.82) is 0 Å². The van der Waals surface area contributed by atoms with Crippen molar-refractivity contribution in [2.24, 2.45) is 35.5 Å². The highest BCUT2D eigenvalue weighted by atomic mass is 35.5. The molecule has 4 atom stereocenters. The van der Waals surface area contributed by atoms with E-state index in [0.29, 0.717) is 17.3 Å². The zero-order valence-electron chi connectivity index (χ0n) is 24.2. The molecular weight excluding hydrogens is 462 g/mol. The molecule has 3 nitrogen and oxygen atoms in total. The SMILES string of the molecule is CC(C)[C@H](CN1CCC(C2=CCC(Cl)CC2)CC1)NCC1CCCC(C2CCC(CN(C)C)CC2)C1. The van der Waals surface area contributed by atoms with E-state index in [-0.39, 0.29) is 0 Å². The fraction of sp³-hybridized carbons (Fsp3) is 0.938. The molecule has 0 bridgehead atoms. The Hall–Kier alpha value is -0.0900. The number of hydrogen-bond donors (Lipinski definition) is 1. The smallest absolute Gasteiger partial charge is 0.0373 e. The first-order valence-electron chi connectivity index (χ1n) is 15.8. The molecule has 4 rings (SSSR count). The summed E-state index contributed by atoms with van der Waals surface area (Å²) in [7, 11) is 4.48. The Morgan fingerprint density at radius 3 is 2.33 bits per heavy atom. The average Bonchev–Trinajstić information content (AvgIpc) is 2.87. The van der Waals surface area contributed by atoms with E-state index in [1.165, 1.54) is 110 Å². The molecule has 4 heteroatoms. The summed E-state index contributed by atoms with van der Waals surface area (Å²) in [5.41, 5.74) is 1.73. The fourth-order valence-corrected chi connectivity index (χ4v) is 8.29. The number of hydrogen-bond acceptors (Lipinski definition) is 3. The highest BCUT2D eigenvalue weighted by molar-refractivity contribution is 6.20. The second-order valence-electron chi connectivity index (χ2n) is 13.8. The van der Waals surface area contributed by atoms with Gasteiger partial charge in [0.2, 0.25) is 0 Å². The Labute approximate surface area is 229 Å². The number of rotatable bonds is 10. The van der Waals surface area contributed by atoms with Gasteiger partial charge in [0.1, 0.15) is 0 Å². The van der Waals surface area contributed by atoms with Crippen molar-refractivity contribution in [2.45, 2.75) is 109 Å². The fourth-order valence-electron chi connectivity index (χ4n) is 8.09. The first kappa shape index (κ1) is 28.9. The van der Waals surface area contributed by atoms with E-state index >= 15 is 0 Å². The van der Waals surface area contributed by atoms with Crippen LogP contribution in [0.4, 0.5) is 0 Å². The second-order valence-corrected chi connectivity index (χ2v) is 14.4. The lowest BCUT2D eigenvalue weighted by atomic mass is 9.68. The molecule has 1 saturated heterocycles. The van der Waals surface area contributed by atoms with Crippen molar-refractivity contribution in [3.05, 3.63) is 11.6 Å². The largest absolute Gasteiger partial charge is 0.312 e. The van der Waals surface area contributed by atoms with Gasteiger partial charge in [-0.2, -0.15) is 0 Å². The highest BCUT2D eigenvalue weighted by Crippen LogP contribution is 2.41. The van der Waals surface area contributed by atoms with E-state index < -0.39 is 0 Å². The number of piperidine rings is 1. The Kier molecular flexibility index (Phi) is 11.5. The van der Waals surface area contributed by atoms with Gasteiger partial charge in [-0.05, 0) is 140 Å². The minimum Gasteiger partial charge on any atom is -0.312 e. The summed E-state index contributed by atoms with van der Waals surface area (Å²) in [6.07, 6.45) is 20.6. The third-order valence-corrected chi connectivity index (χ3v) is 10.8. The minimum absolute atomic E-state index is 0.384. The molecule has 1 aliphatic heterocycles. The van der Waals surface area contributed by atoms with Gasteiger partial charge in [0.15, 0.2) is 0 Å². The maximum absolute atomic E-state index is 6.32. The van der Waals surface area contributed by atoms with E-state index in [0.717, 1.165) is 36.0 Å². The first-order chi connectivity index (χ1) is 17.4. The number of alkyl halides is 1. The van der Waals surface area contributed by atoms with Crippen LogP contribution in [0.1, 0.15) is 97.3 Å². The summed E-state index contributed by atoms with van der Waals surface area (Å²) in [4.78, 5) is 5.16.